The minimum atomic E-state index is -0.619. The summed E-state index contributed by atoms with van der Waals surface area (Å²) >= 11 is 0. The molecule has 4 rings (SSSR count). The number of fused-ring (bicyclic) bond motifs is 5. The highest BCUT2D eigenvalue weighted by molar-refractivity contribution is 5.14. The predicted octanol–water partition coefficient (Wildman–Crippen LogP) is 5.31. The van der Waals surface area contributed by atoms with Crippen molar-refractivity contribution >= 4 is 0 Å². The number of nitriles is 1. The Hall–Kier alpha value is -0.590. The van der Waals surface area contributed by atoms with Crippen molar-refractivity contribution in [2.75, 3.05) is 0 Å². The lowest BCUT2D eigenvalue weighted by molar-refractivity contribution is -0.217. The number of aliphatic hydroxyl groups excluding tert-OH is 1. The number of nitrogens with zero attached hydrogens (tertiary/aromatic N) is 1. The Balaban J connectivity index is 1.67. The van der Waals surface area contributed by atoms with Gasteiger partial charge in [0.1, 0.15) is 0 Å². The highest BCUT2D eigenvalue weighted by Crippen LogP contribution is 2.70. The molecule has 4 fully saturated rings. The van der Waals surface area contributed by atoms with Gasteiger partial charge in [0.15, 0.2) is 0 Å². The van der Waals surface area contributed by atoms with Crippen LogP contribution < -0.4 is 0 Å². The van der Waals surface area contributed by atoms with Gasteiger partial charge < -0.3 is 10.2 Å². The van der Waals surface area contributed by atoms with E-state index in [0.29, 0.717) is 41.4 Å². The Labute approximate surface area is 171 Å². The van der Waals surface area contributed by atoms with Crippen LogP contribution in [-0.2, 0) is 0 Å². The molecule has 0 aromatic heterocycles. The lowest BCUT2D eigenvalue weighted by Gasteiger charge is -2.65. The maximum absolute atomic E-state index is 11.8. The van der Waals surface area contributed by atoms with Crippen LogP contribution >= 0.6 is 0 Å². The molecule has 0 radical (unpaired) electrons. The van der Waals surface area contributed by atoms with E-state index in [9.17, 15) is 15.5 Å². The van der Waals surface area contributed by atoms with E-state index in [1.165, 1.54) is 25.7 Å². The standard InChI is InChI=1S/C25H41NO2/c1-5-25(28)15-18-20-7-6-19(16(2)10-13-26)23(20,3)12-9-21(18)24(4)11-8-17(27)14-22(24)25/h16-22,27-28H,5-12,14-15H2,1-4H3/t16-,17-,18+,19-,20+,21+,22+,23-,24-,25-/m1/s1. The van der Waals surface area contributed by atoms with Crippen LogP contribution in [0, 0.1) is 57.7 Å². The molecule has 0 unspecified atom stereocenters. The summed E-state index contributed by atoms with van der Waals surface area (Å²) in [5.74, 6) is 3.39. The lowest BCUT2D eigenvalue weighted by atomic mass is 9.41. The molecular formula is C25H41NO2. The van der Waals surface area contributed by atoms with Crippen molar-refractivity contribution in [3.63, 3.8) is 0 Å². The fourth-order valence-electron chi connectivity index (χ4n) is 9.18. The van der Waals surface area contributed by atoms with Gasteiger partial charge in [-0.3, -0.25) is 0 Å². The summed E-state index contributed by atoms with van der Waals surface area (Å²) in [6.07, 6.45) is 10.0. The van der Waals surface area contributed by atoms with Gasteiger partial charge in [-0.1, -0.05) is 27.7 Å². The normalized spacial score (nSPS) is 54.2. The molecule has 3 nitrogen and oxygen atoms in total. The maximum atomic E-state index is 11.8. The molecule has 3 heteroatoms. The summed E-state index contributed by atoms with van der Waals surface area (Å²) in [5, 5.41) is 31.4. The zero-order valence-corrected chi connectivity index (χ0v) is 18.5. The van der Waals surface area contributed by atoms with Gasteiger partial charge in [0.05, 0.1) is 17.8 Å². The Morgan fingerprint density at radius 2 is 1.75 bits per heavy atom. The van der Waals surface area contributed by atoms with Crippen molar-refractivity contribution in [1.29, 1.82) is 5.26 Å². The summed E-state index contributed by atoms with van der Waals surface area (Å²) in [6.45, 7) is 9.41. The first kappa shape index (κ1) is 20.7. The minimum absolute atomic E-state index is 0.171. The lowest BCUT2D eigenvalue weighted by Crippen LogP contribution is -2.63. The number of hydrogen-bond donors (Lipinski definition) is 2. The Morgan fingerprint density at radius 3 is 2.43 bits per heavy atom. The highest BCUT2D eigenvalue weighted by atomic mass is 16.3. The van der Waals surface area contributed by atoms with Crippen molar-refractivity contribution in [3.8, 4) is 6.07 Å². The molecule has 0 spiro atoms. The Kier molecular flexibility index (Phi) is 5.16. The Bertz CT molecular complexity index is 643. The highest BCUT2D eigenvalue weighted by Gasteiger charge is 2.65. The van der Waals surface area contributed by atoms with Crippen LogP contribution in [0.15, 0.2) is 0 Å². The van der Waals surface area contributed by atoms with Crippen LogP contribution in [0.1, 0.15) is 91.9 Å². The topological polar surface area (TPSA) is 64.2 Å². The van der Waals surface area contributed by atoms with Gasteiger partial charge in [-0.05, 0) is 104 Å². The summed E-state index contributed by atoms with van der Waals surface area (Å²) in [7, 11) is 0. The molecule has 2 N–H and O–H groups in total. The van der Waals surface area contributed by atoms with Gasteiger partial charge in [0, 0.05) is 6.42 Å². The molecule has 4 aliphatic carbocycles. The van der Waals surface area contributed by atoms with E-state index >= 15 is 0 Å². The molecule has 0 amide bonds. The second-order valence-corrected chi connectivity index (χ2v) is 11.6. The van der Waals surface area contributed by atoms with E-state index < -0.39 is 5.60 Å². The van der Waals surface area contributed by atoms with E-state index in [1.54, 1.807) is 0 Å². The molecule has 158 valence electrons. The first-order chi connectivity index (χ1) is 13.2. The van der Waals surface area contributed by atoms with Crippen molar-refractivity contribution < 1.29 is 10.2 Å². The van der Waals surface area contributed by atoms with Gasteiger partial charge in [0.25, 0.3) is 0 Å². The quantitative estimate of drug-likeness (QED) is 0.690. The summed E-state index contributed by atoms with van der Waals surface area (Å²) in [5.41, 5.74) is -0.111. The van der Waals surface area contributed by atoms with E-state index in [0.717, 1.165) is 32.1 Å². The van der Waals surface area contributed by atoms with Crippen LogP contribution in [0.4, 0.5) is 0 Å². The van der Waals surface area contributed by atoms with Crippen LogP contribution in [-0.4, -0.2) is 21.9 Å². The molecule has 0 aliphatic heterocycles. The fraction of sp³-hybridized carbons (Fsp3) is 0.960. The summed E-state index contributed by atoms with van der Waals surface area (Å²) in [6, 6.07) is 2.42. The third kappa shape index (κ3) is 2.81. The van der Waals surface area contributed by atoms with Gasteiger partial charge in [-0.15, -0.1) is 0 Å². The van der Waals surface area contributed by atoms with E-state index in [-0.39, 0.29) is 17.4 Å². The van der Waals surface area contributed by atoms with E-state index in [4.69, 9.17) is 0 Å². The summed E-state index contributed by atoms with van der Waals surface area (Å²) < 4.78 is 0. The number of rotatable bonds is 3. The minimum Gasteiger partial charge on any atom is -0.393 e. The number of aliphatic hydroxyl groups is 2. The van der Waals surface area contributed by atoms with Gasteiger partial charge in [-0.2, -0.15) is 5.26 Å². The fourth-order valence-corrected chi connectivity index (χ4v) is 9.18. The monoisotopic (exact) mass is 387 g/mol. The molecule has 4 saturated carbocycles. The van der Waals surface area contributed by atoms with Crippen molar-refractivity contribution in [1.82, 2.24) is 0 Å². The SMILES string of the molecule is CC[C@@]1(O)C[C@@H]2[C@H](CC[C@]3(C)[C@@H]([C@H](C)CC#N)CC[C@@H]23)[C@@]2(C)CC[C@@H](O)C[C@H]12. The first-order valence-electron chi connectivity index (χ1n) is 12.0. The zero-order chi connectivity index (χ0) is 20.3. The molecule has 0 heterocycles. The van der Waals surface area contributed by atoms with Crippen molar-refractivity contribution in [3.05, 3.63) is 0 Å². The van der Waals surface area contributed by atoms with E-state index in [1.807, 2.05) is 0 Å². The largest absolute Gasteiger partial charge is 0.393 e. The van der Waals surface area contributed by atoms with Gasteiger partial charge >= 0.3 is 0 Å². The van der Waals surface area contributed by atoms with Crippen LogP contribution in [0.3, 0.4) is 0 Å². The zero-order valence-electron chi connectivity index (χ0n) is 18.5. The van der Waals surface area contributed by atoms with Crippen LogP contribution in [0.2, 0.25) is 0 Å². The molecule has 4 aliphatic rings. The molecule has 0 bridgehead atoms. The van der Waals surface area contributed by atoms with Crippen LogP contribution in [0.5, 0.6) is 0 Å². The third-order valence-electron chi connectivity index (χ3n) is 10.6. The molecule has 0 saturated heterocycles. The van der Waals surface area contributed by atoms with Gasteiger partial charge in [-0.25, -0.2) is 0 Å². The summed E-state index contributed by atoms with van der Waals surface area (Å²) in [4.78, 5) is 0. The van der Waals surface area contributed by atoms with E-state index in [2.05, 4.69) is 33.8 Å². The maximum Gasteiger partial charge on any atom is 0.0682 e. The molecule has 28 heavy (non-hydrogen) atoms. The van der Waals surface area contributed by atoms with Gasteiger partial charge in [0.2, 0.25) is 0 Å². The molecule has 0 aromatic carbocycles. The second kappa shape index (κ2) is 6.98. The average molecular weight is 388 g/mol. The third-order valence-corrected chi connectivity index (χ3v) is 10.6. The molecule has 10 atom stereocenters. The second-order valence-electron chi connectivity index (χ2n) is 11.6. The van der Waals surface area contributed by atoms with Crippen molar-refractivity contribution in [2.24, 2.45) is 46.3 Å². The van der Waals surface area contributed by atoms with Crippen molar-refractivity contribution in [2.45, 2.75) is 104 Å². The average Bonchev–Trinajstić information content (AvgIpc) is 3.01. The smallest absolute Gasteiger partial charge is 0.0682 e. The predicted molar refractivity (Wildman–Crippen MR) is 111 cm³/mol. The number of hydrogen-bond acceptors (Lipinski definition) is 3. The molecular weight excluding hydrogens is 346 g/mol. The Morgan fingerprint density at radius 1 is 1.07 bits per heavy atom. The van der Waals surface area contributed by atoms with Crippen LogP contribution in [0.25, 0.3) is 0 Å². The molecule has 0 aromatic rings. The first-order valence-corrected chi connectivity index (χ1v) is 12.0.